The van der Waals surface area contributed by atoms with E-state index in [-0.39, 0.29) is 17.8 Å². The molecule has 3 aromatic rings. The molecular weight excluding hydrogens is 362 g/mol. The number of hydrogen-bond acceptors (Lipinski definition) is 3. The van der Waals surface area contributed by atoms with E-state index in [4.69, 9.17) is 0 Å². The SMILES string of the molecule is O=C(Nc1cccc(O)c1)N1CCN(C(c2ccccc2)c2ccccc2)CC1. The predicted octanol–water partition coefficient (Wildman–Crippen LogP) is 4.33. The Labute approximate surface area is 171 Å². The van der Waals surface area contributed by atoms with Crippen LogP contribution in [0.3, 0.4) is 0 Å². The van der Waals surface area contributed by atoms with Crippen molar-refractivity contribution in [1.29, 1.82) is 0 Å². The molecule has 0 unspecified atom stereocenters. The van der Waals surface area contributed by atoms with Crippen LogP contribution in [0.1, 0.15) is 17.2 Å². The van der Waals surface area contributed by atoms with E-state index in [0.717, 1.165) is 13.1 Å². The predicted molar refractivity (Wildman–Crippen MR) is 115 cm³/mol. The number of piperazine rings is 1. The number of rotatable bonds is 4. The van der Waals surface area contributed by atoms with Crippen molar-refractivity contribution in [2.45, 2.75) is 6.04 Å². The second-order valence-electron chi connectivity index (χ2n) is 7.23. The van der Waals surface area contributed by atoms with Crippen LogP contribution < -0.4 is 5.32 Å². The summed E-state index contributed by atoms with van der Waals surface area (Å²) in [5.41, 5.74) is 3.12. The van der Waals surface area contributed by atoms with Gasteiger partial charge in [0.2, 0.25) is 0 Å². The Morgan fingerprint density at radius 3 is 1.93 bits per heavy atom. The third kappa shape index (κ3) is 4.58. The Kier molecular flexibility index (Phi) is 5.77. The molecule has 5 nitrogen and oxygen atoms in total. The average Bonchev–Trinajstić information content (AvgIpc) is 2.76. The van der Waals surface area contributed by atoms with Crippen LogP contribution in [-0.4, -0.2) is 47.1 Å². The van der Waals surface area contributed by atoms with Crippen molar-refractivity contribution < 1.29 is 9.90 Å². The fourth-order valence-electron chi connectivity index (χ4n) is 3.85. The molecule has 0 spiro atoms. The third-order valence-electron chi connectivity index (χ3n) is 5.29. The molecule has 29 heavy (non-hydrogen) atoms. The van der Waals surface area contributed by atoms with Gasteiger partial charge in [0.25, 0.3) is 0 Å². The zero-order valence-corrected chi connectivity index (χ0v) is 16.2. The number of urea groups is 1. The average molecular weight is 387 g/mol. The number of amides is 2. The minimum atomic E-state index is -0.133. The lowest BCUT2D eigenvalue weighted by atomic mass is 9.96. The van der Waals surface area contributed by atoms with Gasteiger partial charge in [0.1, 0.15) is 5.75 Å². The molecule has 148 valence electrons. The van der Waals surface area contributed by atoms with Gasteiger partial charge in [-0.25, -0.2) is 4.79 Å². The molecule has 0 atom stereocenters. The van der Waals surface area contributed by atoms with E-state index in [9.17, 15) is 9.90 Å². The maximum Gasteiger partial charge on any atom is 0.321 e. The fourth-order valence-corrected chi connectivity index (χ4v) is 3.85. The van der Waals surface area contributed by atoms with Crippen LogP contribution >= 0.6 is 0 Å². The monoisotopic (exact) mass is 387 g/mol. The molecule has 0 radical (unpaired) electrons. The van der Waals surface area contributed by atoms with E-state index in [1.165, 1.54) is 11.1 Å². The van der Waals surface area contributed by atoms with Gasteiger partial charge in [-0.15, -0.1) is 0 Å². The molecule has 2 N–H and O–H groups in total. The smallest absolute Gasteiger partial charge is 0.321 e. The number of carbonyl (C=O) groups is 1. The van der Waals surface area contributed by atoms with Gasteiger partial charge < -0.3 is 15.3 Å². The van der Waals surface area contributed by atoms with Gasteiger partial charge >= 0.3 is 6.03 Å². The highest BCUT2D eigenvalue weighted by Gasteiger charge is 2.28. The van der Waals surface area contributed by atoms with E-state index in [2.05, 4.69) is 58.7 Å². The highest BCUT2D eigenvalue weighted by atomic mass is 16.3. The zero-order valence-electron chi connectivity index (χ0n) is 16.2. The molecule has 1 fully saturated rings. The molecule has 1 saturated heterocycles. The fraction of sp³-hybridized carbons (Fsp3) is 0.208. The first kappa shape index (κ1) is 19.0. The second-order valence-corrected chi connectivity index (χ2v) is 7.23. The summed E-state index contributed by atoms with van der Waals surface area (Å²) < 4.78 is 0. The molecule has 0 aliphatic carbocycles. The maximum absolute atomic E-state index is 12.6. The number of benzene rings is 3. The molecule has 1 heterocycles. The quantitative estimate of drug-likeness (QED) is 0.701. The van der Waals surface area contributed by atoms with Gasteiger partial charge in [-0.05, 0) is 23.3 Å². The Bertz CT molecular complexity index is 899. The first-order valence-electron chi connectivity index (χ1n) is 9.89. The largest absolute Gasteiger partial charge is 0.508 e. The molecule has 1 aliphatic heterocycles. The summed E-state index contributed by atoms with van der Waals surface area (Å²) in [4.78, 5) is 16.9. The number of aromatic hydroxyl groups is 1. The first-order chi connectivity index (χ1) is 14.2. The van der Waals surface area contributed by atoms with Gasteiger partial charge in [0.05, 0.1) is 6.04 Å². The summed E-state index contributed by atoms with van der Waals surface area (Å²) in [6, 6.07) is 27.7. The molecule has 5 heteroatoms. The summed E-state index contributed by atoms with van der Waals surface area (Å²) in [7, 11) is 0. The van der Waals surface area contributed by atoms with E-state index in [0.29, 0.717) is 18.8 Å². The maximum atomic E-state index is 12.6. The first-order valence-corrected chi connectivity index (χ1v) is 9.89. The molecule has 3 aromatic carbocycles. The van der Waals surface area contributed by atoms with Crippen molar-refractivity contribution >= 4 is 11.7 Å². The molecule has 0 bridgehead atoms. The van der Waals surface area contributed by atoms with Gasteiger partial charge in [-0.2, -0.15) is 0 Å². The molecule has 0 saturated carbocycles. The number of carbonyl (C=O) groups excluding carboxylic acids is 1. The van der Waals surface area contributed by atoms with Crippen LogP contribution in [0, 0.1) is 0 Å². The summed E-state index contributed by atoms with van der Waals surface area (Å²) in [6.45, 7) is 2.89. The number of anilines is 1. The molecular formula is C24H25N3O2. The zero-order chi connectivity index (χ0) is 20.1. The lowest BCUT2D eigenvalue weighted by Gasteiger charge is -2.39. The highest BCUT2D eigenvalue weighted by Crippen LogP contribution is 2.29. The van der Waals surface area contributed by atoms with Gasteiger partial charge in [-0.1, -0.05) is 66.7 Å². The van der Waals surface area contributed by atoms with Crippen molar-refractivity contribution in [2.75, 3.05) is 31.5 Å². The number of hydrogen-bond donors (Lipinski definition) is 2. The van der Waals surface area contributed by atoms with E-state index >= 15 is 0 Å². The van der Waals surface area contributed by atoms with Crippen LogP contribution in [0.5, 0.6) is 5.75 Å². The van der Waals surface area contributed by atoms with Crippen LogP contribution in [-0.2, 0) is 0 Å². The van der Waals surface area contributed by atoms with Crippen LogP contribution in [0.15, 0.2) is 84.9 Å². The van der Waals surface area contributed by atoms with Gasteiger partial charge in [0, 0.05) is 37.9 Å². The van der Waals surface area contributed by atoms with Gasteiger partial charge in [0.15, 0.2) is 0 Å². The number of phenols is 1. The summed E-state index contributed by atoms with van der Waals surface area (Å²) in [5, 5.41) is 12.4. The molecule has 2 amide bonds. The van der Waals surface area contributed by atoms with Crippen LogP contribution in [0.2, 0.25) is 0 Å². The minimum absolute atomic E-state index is 0.133. The lowest BCUT2D eigenvalue weighted by molar-refractivity contribution is 0.126. The Morgan fingerprint density at radius 2 is 1.38 bits per heavy atom. The van der Waals surface area contributed by atoms with Crippen molar-refractivity contribution in [3.63, 3.8) is 0 Å². The summed E-state index contributed by atoms with van der Waals surface area (Å²) in [5.74, 6) is 0.140. The van der Waals surface area contributed by atoms with Crippen LogP contribution in [0.4, 0.5) is 10.5 Å². The number of phenolic OH excluding ortho intramolecular Hbond substituents is 1. The number of nitrogens with zero attached hydrogens (tertiary/aromatic N) is 2. The van der Waals surface area contributed by atoms with Crippen molar-refractivity contribution in [3.8, 4) is 5.75 Å². The lowest BCUT2D eigenvalue weighted by Crippen LogP contribution is -2.51. The third-order valence-corrected chi connectivity index (χ3v) is 5.29. The second kappa shape index (κ2) is 8.80. The van der Waals surface area contributed by atoms with E-state index in [1.54, 1.807) is 24.3 Å². The van der Waals surface area contributed by atoms with Crippen LogP contribution in [0.25, 0.3) is 0 Å². The van der Waals surface area contributed by atoms with Crippen molar-refractivity contribution in [3.05, 3.63) is 96.1 Å². The normalized spacial score (nSPS) is 14.7. The van der Waals surface area contributed by atoms with E-state index < -0.39 is 0 Å². The molecule has 0 aromatic heterocycles. The molecule has 4 rings (SSSR count). The Hall–Kier alpha value is -3.31. The highest BCUT2D eigenvalue weighted by molar-refractivity contribution is 5.89. The topological polar surface area (TPSA) is 55.8 Å². The number of nitrogens with one attached hydrogen (secondary N) is 1. The Morgan fingerprint density at radius 1 is 0.793 bits per heavy atom. The Balaban J connectivity index is 1.45. The summed E-state index contributed by atoms with van der Waals surface area (Å²) in [6.07, 6.45) is 0. The van der Waals surface area contributed by atoms with Crippen molar-refractivity contribution in [2.24, 2.45) is 0 Å². The van der Waals surface area contributed by atoms with Crippen molar-refractivity contribution in [1.82, 2.24) is 9.80 Å². The van der Waals surface area contributed by atoms with Gasteiger partial charge in [-0.3, -0.25) is 4.90 Å². The van der Waals surface area contributed by atoms with E-state index in [1.807, 2.05) is 17.0 Å². The summed E-state index contributed by atoms with van der Waals surface area (Å²) >= 11 is 0. The standard InChI is InChI=1S/C24H25N3O2/c28-22-13-7-12-21(18-22)25-24(29)27-16-14-26(15-17-27)23(19-8-3-1-4-9-19)20-10-5-2-6-11-20/h1-13,18,23,28H,14-17H2,(H,25,29). The minimum Gasteiger partial charge on any atom is -0.508 e. The molecule has 1 aliphatic rings.